The lowest BCUT2D eigenvalue weighted by Crippen LogP contribution is -2.24. The van der Waals surface area contributed by atoms with Gasteiger partial charge in [0, 0.05) is 43.2 Å². The van der Waals surface area contributed by atoms with E-state index in [1.165, 1.54) is 6.26 Å². The fourth-order valence-corrected chi connectivity index (χ4v) is 2.33. The molecule has 2 N–H and O–H groups in total. The largest absolute Gasteiger partial charge is 0.508 e. The molecule has 0 saturated heterocycles. The third-order valence-corrected chi connectivity index (χ3v) is 4.08. The van der Waals surface area contributed by atoms with Crippen LogP contribution < -0.4 is 10.2 Å². The van der Waals surface area contributed by atoms with Crippen molar-refractivity contribution in [1.82, 2.24) is 5.32 Å². The number of anilines is 1. The number of phenols is 1. The van der Waals surface area contributed by atoms with Crippen molar-refractivity contribution < 1.29 is 13.5 Å². The number of nitrogens with zero attached hydrogens (tertiary/aromatic N) is 1. The second-order valence-corrected chi connectivity index (χ2v) is 7.06. The lowest BCUT2D eigenvalue weighted by atomic mass is 10.1. The topological polar surface area (TPSA) is 69.6 Å². The van der Waals surface area contributed by atoms with Gasteiger partial charge in [-0.1, -0.05) is 6.07 Å². The van der Waals surface area contributed by atoms with Crippen LogP contribution in [0.3, 0.4) is 0 Å². The first-order valence-electron chi connectivity index (χ1n) is 6.13. The standard InChI is InChI=1S/C13H22N2O3S/c1-10(14-2)12-6-5-11(9-13(12)16)15(3)7-8-19(4,17)18/h5-6,9-10,14,16H,7-8H2,1-4H3. The number of rotatable bonds is 6. The van der Waals surface area contributed by atoms with Crippen molar-refractivity contribution in [2.24, 2.45) is 0 Å². The number of benzene rings is 1. The highest BCUT2D eigenvalue weighted by atomic mass is 32.2. The minimum absolute atomic E-state index is 0.0652. The molecule has 0 bridgehead atoms. The van der Waals surface area contributed by atoms with E-state index in [4.69, 9.17) is 0 Å². The van der Waals surface area contributed by atoms with Gasteiger partial charge in [-0.15, -0.1) is 0 Å². The van der Waals surface area contributed by atoms with Gasteiger partial charge >= 0.3 is 0 Å². The molecule has 6 heteroatoms. The van der Waals surface area contributed by atoms with Gasteiger partial charge in [0.05, 0.1) is 5.75 Å². The fourth-order valence-electron chi connectivity index (χ4n) is 1.72. The van der Waals surface area contributed by atoms with Crippen LogP contribution in [0.15, 0.2) is 18.2 Å². The summed E-state index contributed by atoms with van der Waals surface area (Å²) in [7, 11) is 0.659. The van der Waals surface area contributed by atoms with Gasteiger partial charge in [0.1, 0.15) is 15.6 Å². The Labute approximate surface area is 115 Å². The molecule has 1 rings (SSSR count). The van der Waals surface area contributed by atoms with Crippen molar-refractivity contribution in [3.8, 4) is 5.75 Å². The first-order valence-corrected chi connectivity index (χ1v) is 8.19. The molecule has 0 radical (unpaired) electrons. The zero-order valence-corrected chi connectivity index (χ0v) is 12.7. The summed E-state index contributed by atoms with van der Waals surface area (Å²) in [5.74, 6) is 0.310. The van der Waals surface area contributed by atoms with E-state index >= 15 is 0 Å². The van der Waals surface area contributed by atoms with Gasteiger partial charge in [-0.2, -0.15) is 0 Å². The van der Waals surface area contributed by atoms with E-state index in [-0.39, 0.29) is 17.5 Å². The van der Waals surface area contributed by atoms with Gasteiger partial charge in [0.15, 0.2) is 0 Å². The quantitative estimate of drug-likeness (QED) is 0.821. The number of nitrogens with one attached hydrogen (secondary N) is 1. The number of phenolic OH excluding ortho intramolecular Hbond substituents is 1. The van der Waals surface area contributed by atoms with E-state index in [9.17, 15) is 13.5 Å². The van der Waals surface area contributed by atoms with Crippen LogP contribution in [0.1, 0.15) is 18.5 Å². The van der Waals surface area contributed by atoms with Gasteiger partial charge in [-0.3, -0.25) is 0 Å². The molecule has 0 fully saturated rings. The van der Waals surface area contributed by atoms with E-state index in [2.05, 4.69) is 5.32 Å². The lowest BCUT2D eigenvalue weighted by Gasteiger charge is -2.21. The normalized spacial score (nSPS) is 13.3. The monoisotopic (exact) mass is 286 g/mol. The molecule has 0 aliphatic heterocycles. The maximum absolute atomic E-state index is 11.1. The molecule has 0 heterocycles. The zero-order valence-electron chi connectivity index (χ0n) is 11.8. The van der Waals surface area contributed by atoms with Crippen molar-refractivity contribution in [3.05, 3.63) is 23.8 Å². The van der Waals surface area contributed by atoms with E-state index < -0.39 is 9.84 Å². The number of sulfone groups is 1. The van der Waals surface area contributed by atoms with E-state index in [1.54, 1.807) is 13.1 Å². The van der Waals surface area contributed by atoms with Gasteiger partial charge in [0.2, 0.25) is 0 Å². The van der Waals surface area contributed by atoms with Gasteiger partial charge in [0.25, 0.3) is 0 Å². The Kier molecular flexibility index (Phi) is 5.20. The van der Waals surface area contributed by atoms with Crippen molar-refractivity contribution >= 4 is 15.5 Å². The van der Waals surface area contributed by atoms with Crippen molar-refractivity contribution in [1.29, 1.82) is 0 Å². The molecule has 1 aromatic rings. The number of hydrogen-bond donors (Lipinski definition) is 2. The highest BCUT2D eigenvalue weighted by molar-refractivity contribution is 7.90. The first kappa shape index (κ1) is 15.8. The van der Waals surface area contributed by atoms with Crippen LogP contribution in [-0.2, 0) is 9.84 Å². The van der Waals surface area contributed by atoms with Crippen LogP contribution in [0.25, 0.3) is 0 Å². The van der Waals surface area contributed by atoms with Crippen molar-refractivity contribution in [3.63, 3.8) is 0 Å². The summed E-state index contributed by atoms with van der Waals surface area (Å²) >= 11 is 0. The van der Waals surface area contributed by atoms with Crippen LogP contribution in [0.4, 0.5) is 5.69 Å². The number of aromatic hydroxyl groups is 1. The molecule has 0 aliphatic rings. The summed E-state index contributed by atoms with van der Waals surface area (Å²) in [5.41, 5.74) is 1.62. The van der Waals surface area contributed by atoms with Gasteiger partial charge in [-0.25, -0.2) is 8.42 Å². The van der Waals surface area contributed by atoms with Crippen LogP contribution in [0.2, 0.25) is 0 Å². The molecule has 5 nitrogen and oxygen atoms in total. The number of hydrogen-bond acceptors (Lipinski definition) is 5. The van der Waals surface area contributed by atoms with E-state index in [0.717, 1.165) is 11.3 Å². The molecular weight excluding hydrogens is 264 g/mol. The van der Waals surface area contributed by atoms with Crippen LogP contribution >= 0.6 is 0 Å². The Morgan fingerprint density at radius 3 is 2.53 bits per heavy atom. The van der Waals surface area contributed by atoms with Crippen molar-refractivity contribution in [2.75, 3.05) is 37.5 Å². The molecule has 1 atom stereocenters. The predicted octanol–water partition coefficient (Wildman–Crippen LogP) is 1.15. The van der Waals surface area contributed by atoms with Crippen LogP contribution in [-0.4, -0.2) is 46.2 Å². The summed E-state index contributed by atoms with van der Waals surface area (Å²) < 4.78 is 22.3. The van der Waals surface area contributed by atoms with Crippen LogP contribution in [0, 0.1) is 0 Å². The second-order valence-electron chi connectivity index (χ2n) is 4.80. The molecule has 0 aromatic heterocycles. The highest BCUT2D eigenvalue weighted by Gasteiger charge is 2.11. The Balaban J connectivity index is 2.83. The fraction of sp³-hybridized carbons (Fsp3) is 0.538. The predicted molar refractivity (Wildman–Crippen MR) is 78.6 cm³/mol. The minimum atomic E-state index is -2.98. The maximum atomic E-state index is 11.1. The molecular formula is C13H22N2O3S. The Morgan fingerprint density at radius 1 is 1.42 bits per heavy atom. The van der Waals surface area contributed by atoms with E-state index in [0.29, 0.717) is 6.54 Å². The van der Waals surface area contributed by atoms with E-state index in [1.807, 2.05) is 31.0 Å². The average Bonchev–Trinajstić information content (AvgIpc) is 2.34. The van der Waals surface area contributed by atoms with Gasteiger partial charge in [-0.05, 0) is 20.0 Å². The average molecular weight is 286 g/mol. The zero-order chi connectivity index (χ0) is 14.6. The third kappa shape index (κ3) is 4.72. The Hall–Kier alpha value is -1.27. The third-order valence-electron chi connectivity index (χ3n) is 3.15. The second kappa shape index (κ2) is 6.25. The SMILES string of the molecule is CNC(C)c1ccc(N(C)CCS(C)(=O)=O)cc1O. The Morgan fingerprint density at radius 2 is 2.05 bits per heavy atom. The van der Waals surface area contributed by atoms with Gasteiger partial charge < -0.3 is 15.3 Å². The summed E-state index contributed by atoms with van der Waals surface area (Å²) in [6, 6.07) is 5.45. The Bertz CT molecular complexity index is 529. The summed E-state index contributed by atoms with van der Waals surface area (Å²) in [6.45, 7) is 2.36. The molecule has 1 aromatic carbocycles. The summed E-state index contributed by atoms with van der Waals surface area (Å²) in [6.07, 6.45) is 1.22. The summed E-state index contributed by atoms with van der Waals surface area (Å²) in [5, 5.41) is 13.0. The smallest absolute Gasteiger partial charge is 0.149 e. The molecule has 0 spiro atoms. The lowest BCUT2D eigenvalue weighted by molar-refractivity contribution is 0.458. The molecule has 0 saturated carbocycles. The first-order chi connectivity index (χ1) is 8.74. The van der Waals surface area contributed by atoms with Crippen LogP contribution in [0.5, 0.6) is 5.75 Å². The highest BCUT2D eigenvalue weighted by Crippen LogP contribution is 2.28. The maximum Gasteiger partial charge on any atom is 0.149 e. The van der Waals surface area contributed by atoms with Crippen molar-refractivity contribution in [2.45, 2.75) is 13.0 Å². The summed E-state index contributed by atoms with van der Waals surface area (Å²) in [4.78, 5) is 1.81. The molecule has 0 aliphatic carbocycles. The molecule has 0 amide bonds. The minimum Gasteiger partial charge on any atom is -0.508 e. The molecule has 108 valence electrons. The molecule has 1 unspecified atom stereocenters. The molecule has 19 heavy (non-hydrogen) atoms.